The Morgan fingerprint density at radius 1 is 1.26 bits per heavy atom. The van der Waals surface area contributed by atoms with Crippen molar-refractivity contribution in [3.8, 4) is 0 Å². The summed E-state index contributed by atoms with van der Waals surface area (Å²) in [4.78, 5) is 8.59. The summed E-state index contributed by atoms with van der Waals surface area (Å²) in [6.07, 6.45) is 6.94. The van der Waals surface area contributed by atoms with Gasteiger partial charge in [-0.2, -0.15) is 4.98 Å². The van der Waals surface area contributed by atoms with Crippen LogP contribution in [0.2, 0.25) is 0 Å². The standard InChI is InChI=1S/C18H16ClN3O/c1-11-6-14(8-16(11)18-21-17(9-19)23-22-18)13-3-2-12-4-5-20-10-15(12)7-13/h2-7,10-11,16H,8-9H2,1H3/t11-,16+/m1/s1. The number of rotatable bonds is 3. The van der Waals surface area contributed by atoms with Crippen LogP contribution in [0.3, 0.4) is 0 Å². The van der Waals surface area contributed by atoms with E-state index in [1.54, 1.807) is 0 Å². The molecular formula is C18H16ClN3O. The minimum atomic E-state index is 0.246. The molecule has 2 aromatic heterocycles. The number of fused-ring (bicyclic) bond motifs is 1. The number of aromatic nitrogens is 3. The van der Waals surface area contributed by atoms with Gasteiger partial charge in [-0.25, -0.2) is 0 Å². The van der Waals surface area contributed by atoms with Gasteiger partial charge in [0.25, 0.3) is 0 Å². The fraction of sp³-hybridized carbons (Fsp3) is 0.278. The smallest absolute Gasteiger partial charge is 0.241 e. The summed E-state index contributed by atoms with van der Waals surface area (Å²) in [5.74, 6) is 2.11. The minimum absolute atomic E-state index is 0.246. The van der Waals surface area contributed by atoms with Gasteiger partial charge in [-0.05, 0) is 41.0 Å². The van der Waals surface area contributed by atoms with Gasteiger partial charge in [0.15, 0.2) is 5.82 Å². The van der Waals surface area contributed by atoms with Gasteiger partial charge in [0.1, 0.15) is 5.88 Å². The summed E-state index contributed by atoms with van der Waals surface area (Å²) < 4.78 is 5.15. The van der Waals surface area contributed by atoms with Crippen molar-refractivity contribution in [2.45, 2.75) is 25.1 Å². The van der Waals surface area contributed by atoms with Gasteiger partial charge in [-0.1, -0.05) is 30.3 Å². The average Bonchev–Trinajstić information content (AvgIpc) is 3.20. The van der Waals surface area contributed by atoms with Crippen LogP contribution in [0.25, 0.3) is 16.3 Å². The second kappa shape index (κ2) is 5.78. The number of hydrogen-bond acceptors (Lipinski definition) is 4. The van der Waals surface area contributed by atoms with E-state index >= 15 is 0 Å². The summed E-state index contributed by atoms with van der Waals surface area (Å²) >= 11 is 5.75. The number of allylic oxidation sites excluding steroid dienone is 2. The third kappa shape index (κ3) is 2.63. The highest BCUT2D eigenvalue weighted by Gasteiger charge is 2.30. The number of halogens is 1. The largest absolute Gasteiger partial charge is 0.338 e. The van der Waals surface area contributed by atoms with Gasteiger partial charge in [0.2, 0.25) is 5.89 Å². The van der Waals surface area contributed by atoms with Gasteiger partial charge in [0.05, 0.1) is 0 Å². The SMILES string of the molecule is C[C@@H]1C=C(c2ccc3ccncc3c2)C[C@@H]1c1noc(CCl)n1. The maximum atomic E-state index is 5.75. The Balaban J connectivity index is 1.63. The molecule has 0 amide bonds. The molecular weight excluding hydrogens is 310 g/mol. The first kappa shape index (κ1) is 14.4. The van der Waals surface area contributed by atoms with Crippen LogP contribution >= 0.6 is 11.6 Å². The van der Waals surface area contributed by atoms with Crippen LogP contribution in [0, 0.1) is 5.92 Å². The molecule has 2 atom stereocenters. The Labute approximate surface area is 139 Å². The van der Waals surface area contributed by atoms with Gasteiger partial charge in [0, 0.05) is 23.7 Å². The predicted molar refractivity (Wildman–Crippen MR) is 90.1 cm³/mol. The van der Waals surface area contributed by atoms with Gasteiger partial charge >= 0.3 is 0 Å². The van der Waals surface area contributed by atoms with Crippen LogP contribution in [0.5, 0.6) is 0 Å². The molecule has 116 valence electrons. The second-order valence-electron chi connectivity index (χ2n) is 5.98. The molecule has 1 aliphatic rings. The number of hydrogen-bond donors (Lipinski definition) is 0. The van der Waals surface area contributed by atoms with Gasteiger partial charge in [-0.3, -0.25) is 4.98 Å². The molecule has 0 aliphatic heterocycles. The second-order valence-corrected chi connectivity index (χ2v) is 6.25. The molecule has 3 aromatic rings. The summed E-state index contributed by atoms with van der Waals surface area (Å²) in [5.41, 5.74) is 2.56. The molecule has 0 fully saturated rings. The zero-order chi connectivity index (χ0) is 15.8. The summed E-state index contributed by atoms with van der Waals surface area (Å²) in [6, 6.07) is 8.54. The van der Waals surface area contributed by atoms with E-state index in [4.69, 9.17) is 16.1 Å². The fourth-order valence-corrected chi connectivity index (χ4v) is 3.33. The lowest BCUT2D eigenvalue weighted by molar-refractivity contribution is 0.376. The van der Waals surface area contributed by atoms with Crippen molar-refractivity contribution >= 4 is 27.9 Å². The van der Waals surface area contributed by atoms with Crippen molar-refractivity contribution in [2.24, 2.45) is 5.92 Å². The molecule has 1 aromatic carbocycles. The average molecular weight is 326 g/mol. The summed E-state index contributed by atoms with van der Waals surface area (Å²) in [6.45, 7) is 2.19. The maximum Gasteiger partial charge on any atom is 0.241 e. The monoisotopic (exact) mass is 325 g/mol. The van der Waals surface area contributed by atoms with Crippen molar-refractivity contribution in [2.75, 3.05) is 0 Å². The van der Waals surface area contributed by atoms with Crippen LogP contribution in [0.1, 0.15) is 36.5 Å². The van der Waals surface area contributed by atoms with Crippen LogP contribution in [0.4, 0.5) is 0 Å². The van der Waals surface area contributed by atoms with Crippen molar-refractivity contribution < 1.29 is 4.52 Å². The number of benzene rings is 1. The van der Waals surface area contributed by atoms with E-state index in [0.717, 1.165) is 17.6 Å². The van der Waals surface area contributed by atoms with E-state index in [1.807, 2.05) is 18.5 Å². The highest BCUT2D eigenvalue weighted by atomic mass is 35.5. The topological polar surface area (TPSA) is 51.8 Å². The molecule has 4 nitrogen and oxygen atoms in total. The molecule has 23 heavy (non-hydrogen) atoms. The van der Waals surface area contributed by atoms with Crippen molar-refractivity contribution in [3.05, 3.63) is 60.0 Å². The van der Waals surface area contributed by atoms with Crippen LogP contribution in [-0.4, -0.2) is 15.1 Å². The zero-order valence-corrected chi connectivity index (χ0v) is 13.5. The molecule has 0 unspecified atom stereocenters. The third-order valence-corrected chi connectivity index (χ3v) is 4.71. The highest BCUT2D eigenvalue weighted by molar-refractivity contribution is 6.16. The Morgan fingerprint density at radius 3 is 3.00 bits per heavy atom. The molecule has 0 spiro atoms. The lowest BCUT2D eigenvalue weighted by Crippen LogP contribution is -2.04. The van der Waals surface area contributed by atoms with Crippen molar-refractivity contribution in [1.82, 2.24) is 15.1 Å². The number of alkyl halides is 1. The molecule has 0 radical (unpaired) electrons. The molecule has 2 heterocycles. The number of pyridine rings is 1. The number of nitrogens with zero attached hydrogens (tertiary/aromatic N) is 3. The lowest BCUT2D eigenvalue weighted by Gasteiger charge is -2.10. The maximum absolute atomic E-state index is 5.75. The Hall–Kier alpha value is -2.20. The summed E-state index contributed by atoms with van der Waals surface area (Å²) in [5, 5.41) is 6.45. The molecule has 0 saturated heterocycles. The Kier molecular flexibility index (Phi) is 3.62. The van der Waals surface area contributed by atoms with E-state index in [9.17, 15) is 0 Å². The van der Waals surface area contributed by atoms with E-state index in [0.29, 0.717) is 11.8 Å². The molecule has 5 heteroatoms. The Bertz CT molecular complexity index is 887. The van der Waals surface area contributed by atoms with Crippen LogP contribution in [-0.2, 0) is 5.88 Å². The molecule has 0 saturated carbocycles. The fourth-order valence-electron chi connectivity index (χ4n) is 3.22. The van der Waals surface area contributed by atoms with Crippen LogP contribution < -0.4 is 0 Å². The molecule has 0 N–H and O–H groups in total. The van der Waals surface area contributed by atoms with E-state index in [-0.39, 0.29) is 11.8 Å². The first-order chi connectivity index (χ1) is 11.2. The quantitative estimate of drug-likeness (QED) is 0.662. The first-order valence-electron chi connectivity index (χ1n) is 7.68. The molecule has 4 rings (SSSR count). The van der Waals surface area contributed by atoms with Gasteiger partial charge < -0.3 is 4.52 Å². The zero-order valence-electron chi connectivity index (χ0n) is 12.7. The third-order valence-electron chi connectivity index (χ3n) is 4.48. The normalized spacial score (nSPS) is 20.9. The van der Waals surface area contributed by atoms with Gasteiger partial charge in [-0.15, -0.1) is 11.6 Å². The van der Waals surface area contributed by atoms with E-state index in [2.05, 4.69) is 46.3 Å². The van der Waals surface area contributed by atoms with E-state index in [1.165, 1.54) is 16.5 Å². The molecule has 0 bridgehead atoms. The van der Waals surface area contributed by atoms with Crippen molar-refractivity contribution in [3.63, 3.8) is 0 Å². The van der Waals surface area contributed by atoms with Crippen molar-refractivity contribution in [1.29, 1.82) is 0 Å². The van der Waals surface area contributed by atoms with E-state index < -0.39 is 0 Å². The molecule has 1 aliphatic carbocycles. The predicted octanol–water partition coefficient (Wildman–Crippen LogP) is 4.56. The Morgan fingerprint density at radius 2 is 2.17 bits per heavy atom. The highest BCUT2D eigenvalue weighted by Crippen LogP contribution is 2.41. The first-order valence-corrected chi connectivity index (χ1v) is 8.21. The summed E-state index contributed by atoms with van der Waals surface area (Å²) in [7, 11) is 0. The van der Waals surface area contributed by atoms with Crippen LogP contribution in [0.15, 0.2) is 47.3 Å². The lowest BCUT2D eigenvalue weighted by atomic mass is 9.95. The minimum Gasteiger partial charge on any atom is -0.338 e.